The number of Topliss-reactive ketones (excluding diaryl/α,β-unsaturated/α-hetero) is 1. The summed E-state index contributed by atoms with van der Waals surface area (Å²) >= 11 is 0.973. The van der Waals surface area contributed by atoms with E-state index in [-0.39, 0.29) is 27.1 Å². The SMILES string of the molecule is Nc1nc(Nc2ccc(OC(F)(F)F)cc2)sc1C(=O)c1ccc(C(O)C(=O)c2ccccc2)cc1. The molecule has 0 saturated heterocycles. The van der Waals surface area contributed by atoms with Gasteiger partial charge in [0.25, 0.3) is 0 Å². The average Bonchev–Trinajstić information content (AvgIpc) is 3.23. The molecule has 1 unspecified atom stereocenters. The third-order valence-electron chi connectivity index (χ3n) is 4.99. The number of hydrogen-bond acceptors (Lipinski definition) is 8. The second-order valence-electron chi connectivity index (χ2n) is 7.51. The van der Waals surface area contributed by atoms with Gasteiger partial charge in [-0.05, 0) is 29.8 Å². The molecule has 36 heavy (non-hydrogen) atoms. The number of ether oxygens (including phenoxy) is 1. The lowest BCUT2D eigenvalue weighted by Crippen LogP contribution is -2.16. The number of aliphatic hydroxyl groups excluding tert-OH is 1. The number of anilines is 3. The fourth-order valence-electron chi connectivity index (χ4n) is 3.27. The summed E-state index contributed by atoms with van der Waals surface area (Å²) in [4.78, 5) is 29.7. The summed E-state index contributed by atoms with van der Waals surface area (Å²) in [6.45, 7) is 0. The summed E-state index contributed by atoms with van der Waals surface area (Å²) in [7, 11) is 0. The number of alkyl halides is 3. The van der Waals surface area contributed by atoms with Crippen molar-refractivity contribution in [2.45, 2.75) is 12.5 Å². The van der Waals surface area contributed by atoms with Crippen molar-refractivity contribution in [3.05, 3.63) is 100 Å². The van der Waals surface area contributed by atoms with E-state index in [0.717, 1.165) is 23.5 Å². The van der Waals surface area contributed by atoms with Gasteiger partial charge < -0.3 is 20.9 Å². The molecule has 4 aromatic rings. The van der Waals surface area contributed by atoms with Crippen LogP contribution >= 0.6 is 11.3 Å². The molecule has 4 N–H and O–H groups in total. The Balaban J connectivity index is 1.45. The van der Waals surface area contributed by atoms with Crippen LogP contribution in [0.5, 0.6) is 5.75 Å². The van der Waals surface area contributed by atoms with Gasteiger partial charge in [-0.25, -0.2) is 4.98 Å². The number of ketones is 2. The molecule has 0 aliphatic heterocycles. The molecular weight excluding hydrogens is 495 g/mol. The predicted molar refractivity (Wildman–Crippen MR) is 129 cm³/mol. The number of nitrogens with one attached hydrogen (secondary N) is 1. The number of nitrogen functional groups attached to an aromatic ring is 1. The lowest BCUT2D eigenvalue weighted by molar-refractivity contribution is -0.274. The Morgan fingerprint density at radius 3 is 2.19 bits per heavy atom. The van der Waals surface area contributed by atoms with Gasteiger partial charge in [0, 0.05) is 16.8 Å². The molecule has 0 aliphatic rings. The Hall–Kier alpha value is -4.22. The number of halogens is 3. The third kappa shape index (κ3) is 5.88. The molecule has 0 bridgehead atoms. The molecule has 0 saturated carbocycles. The molecule has 0 amide bonds. The minimum Gasteiger partial charge on any atom is -0.406 e. The van der Waals surface area contributed by atoms with E-state index in [9.17, 15) is 27.9 Å². The van der Waals surface area contributed by atoms with Gasteiger partial charge in [-0.1, -0.05) is 65.9 Å². The summed E-state index contributed by atoms with van der Waals surface area (Å²) in [5.41, 5.74) is 7.30. The first-order chi connectivity index (χ1) is 17.1. The molecule has 184 valence electrons. The second-order valence-corrected chi connectivity index (χ2v) is 8.51. The zero-order chi connectivity index (χ0) is 25.9. The van der Waals surface area contributed by atoms with Gasteiger partial charge in [-0.2, -0.15) is 0 Å². The van der Waals surface area contributed by atoms with Crippen LogP contribution < -0.4 is 15.8 Å². The van der Waals surface area contributed by atoms with Crippen molar-refractivity contribution < 1.29 is 32.6 Å². The minimum absolute atomic E-state index is 0.0205. The van der Waals surface area contributed by atoms with Crippen molar-refractivity contribution >= 4 is 39.5 Å². The smallest absolute Gasteiger partial charge is 0.406 e. The molecule has 11 heteroatoms. The van der Waals surface area contributed by atoms with Crippen molar-refractivity contribution in [2.24, 2.45) is 0 Å². The monoisotopic (exact) mass is 513 g/mol. The molecule has 7 nitrogen and oxygen atoms in total. The molecular formula is C25H18F3N3O4S. The summed E-state index contributed by atoms with van der Waals surface area (Å²) in [5.74, 6) is -1.27. The lowest BCUT2D eigenvalue weighted by Gasteiger charge is -2.10. The van der Waals surface area contributed by atoms with Crippen LogP contribution in [0.15, 0.2) is 78.9 Å². The first kappa shape index (κ1) is 24.9. The van der Waals surface area contributed by atoms with Crippen LogP contribution in [0.4, 0.5) is 29.8 Å². The van der Waals surface area contributed by atoms with Crippen LogP contribution in [0, 0.1) is 0 Å². The quantitative estimate of drug-likeness (QED) is 0.266. The maximum Gasteiger partial charge on any atom is 0.573 e. The molecule has 0 aliphatic carbocycles. The number of nitrogens with two attached hydrogens (primary N) is 1. The molecule has 0 spiro atoms. The number of benzene rings is 3. The number of aromatic nitrogens is 1. The van der Waals surface area contributed by atoms with E-state index < -0.39 is 24.0 Å². The summed E-state index contributed by atoms with van der Waals surface area (Å²) in [5, 5.41) is 13.6. The standard InChI is InChI=1S/C25H18F3N3O4S/c26-25(27,28)35-18-12-10-17(11-13-18)30-24-31-23(29)22(36-24)21(34)16-8-6-15(7-9-16)20(33)19(32)14-4-2-1-3-5-14/h1-13,20,33H,29H2,(H,30,31). The summed E-state index contributed by atoms with van der Waals surface area (Å²) in [6, 6.07) is 19.3. The van der Waals surface area contributed by atoms with Gasteiger partial charge in [0.15, 0.2) is 10.9 Å². The number of thiazole rings is 1. The topological polar surface area (TPSA) is 115 Å². The predicted octanol–water partition coefficient (Wildman–Crippen LogP) is 5.51. The van der Waals surface area contributed by atoms with Gasteiger partial charge in [0.2, 0.25) is 5.78 Å². The zero-order valence-electron chi connectivity index (χ0n) is 18.3. The van der Waals surface area contributed by atoms with Gasteiger partial charge in [0.05, 0.1) is 0 Å². The van der Waals surface area contributed by atoms with E-state index in [0.29, 0.717) is 16.8 Å². The van der Waals surface area contributed by atoms with Gasteiger partial charge in [0.1, 0.15) is 22.5 Å². The zero-order valence-corrected chi connectivity index (χ0v) is 19.1. The number of hydrogen-bond donors (Lipinski definition) is 3. The van der Waals surface area contributed by atoms with Crippen molar-refractivity contribution in [1.82, 2.24) is 4.98 Å². The number of carbonyl (C=O) groups excluding carboxylic acids is 2. The Morgan fingerprint density at radius 1 is 0.944 bits per heavy atom. The van der Waals surface area contributed by atoms with Crippen LogP contribution in [0.2, 0.25) is 0 Å². The normalized spacial score (nSPS) is 12.1. The highest BCUT2D eigenvalue weighted by Gasteiger charge is 2.31. The van der Waals surface area contributed by atoms with E-state index >= 15 is 0 Å². The van der Waals surface area contributed by atoms with Crippen LogP contribution in [0.3, 0.4) is 0 Å². The Kier molecular flexibility index (Phi) is 7.04. The minimum atomic E-state index is -4.79. The first-order valence-electron chi connectivity index (χ1n) is 10.4. The van der Waals surface area contributed by atoms with Gasteiger partial charge in [-0.3, -0.25) is 9.59 Å². The molecule has 0 fully saturated rings. The second kappa shape index (κ2) is 10.2. The van der Waals surface area contributed by atoms with Gasteiger partial charge >= 0.3 is 6.36 Å². The Morgan fingerprint density at radius 2 is 1.58 bits per heavy atom. The van der Waals surface area contributed by atoms with E-state index in [1.54, 1.807) is 30.3 Å². The molecule has 1 aromatic heterocycles. The summed E-state index contributed by atoms with van der Waals surface area (Å²) in [6.07, 6.45) is -6.17. The Labute approximate surface area is 207 Å². The number of rotatable bonds is 8. The highest BCUT2D eigenvalue weighted by atomic mass is 32.1. The van der Waals surface area contributed by atoms with Crippen molar-refractivity contribution in [3.8, 4) is 5.75 Å². The highest BCUT2D eigenvalue weighted by Crippen LogP contribution is 2.31. The van der Waals surface area contributed by atoms with Crippen molar-refractivity contribution in [2.75, 3.05) is 11.1 Å². The fraction of sp³-hybridized carbons (Fsp3) is 0.0800. The molecule has 3 aromatic carbocycles. The van der Waals surface area contributed by atoms with Crippen LogP contribution in [0.25, 0.3) is 0 Å². The fourth-order valence-corrected chi connectivity index (χ4v) is 4.14. The van der Waals surface area contributed by atoms with E-state index in [4.69, 9.17) is 5.73 Å². The molecule has 0 radical (unpaired) electrons. The van der Waals surface area contributed by atoms with Crippen molar-refractivity contribution in [3.63, 3.8) is 0 Å². The third-order valence-corrected chi connectivity index (χ3v) is 5.98. The molecule has 1 heterocycles. The summed E-state index contributed by atoms with van der Waals surface area (Å²) < 4.78 is 40.7. The van der Waals surface area contributed by atoms with E-state index in [2.05, 4.69) is 15.0 Å². The van der Waals surface area contributed by atoms with Crippen LogP contribution in [-0.4, -0.2) is 28.0 Å². The lowest BCUT2D eigenvalue weighted by atomic mass is 9.98. The van der Waals surface area contributed by atoms with E-state index in [1.807, 2.05) is 0 Å². The first-order valence-corrected chi connectivity index (χ1v) is 11.2. The number of carbonyl (C=O) groups is 2. The average molecular weight is 513 g/mol. The van der Waals surface area contributed by atoms with Crippen molar-refractivity contribution in [1.29, 1.82) is 0 Å². The van der Waals surface area contributed by atoms with E-state index in [1.165, 1.54) is 36.4 Å². The molecule has 1 atom stereocenters. The maximum atomic E-state index is 13.0. The van der Waals surface area contributed by atoms with Gasteiger partial charge in [-0.15, -0.1) is 13.2 Å². The van der Waals surface area contributed by atoms with Crippen LogP contribution in [-0.2, 0) is 0 Å². The largest absolute Gasteiger partial charge is 0.573 e. The maximum absolute atomic E-state index is 13.0. The highest BCUT2D eigenvalue weighted by molar-refractivity contribution is 7.18. The van der Waals surface area contributed by atoms with Crippen LogP contribution in [0.1, 0.15) is 37.3 Å². The Bertz CT molecular complexity index is 1370. The number of nitrogens with zero attached hydrogens (tertiary/aromatic N) is 1. The molecule has 4 rings (SSSR count). The number of aliphatic hydroxyl groups is 1.